The van der Waals surface area contributed by atoms with Crippen LogP contribution in [0.4, 0.5) is 0 Å². The minimum absolute atomic E-state index is 0. The van der Waals surface area contributed by atoms with E-state index in [9.17, 15) is 13.9 Å². The average molecular weight is 370 g/mol. The quantitative estimate of drug-likeness (QED) is 0.227. The fourth-order valence-corrected chi connectivity index (χ4v) is 4.53. The fraction of sp³-hybridized carbons (Fsp3) is 0.364. The first-order valence-corrected chi connectivity index (χ1v) is 9.09. The van der Waals surface area contributed by atoms with Crippen LogP contribution < -0.4 is 59.1 Å². The Morgan fingerprint density at radius 2 is 1.45 bits per heavy atom. The number of benzene rings is 1. The van der Waals surface area contributed by atoms with Gasteiger partial charge in [0.25, 0.3) is 0 Å². The average Bonchev–Trinajstić information content (AvgIpc) is 2.33. The Morgan fingerprint density at radius 3 is 1.82 bits per heavy atom. The fourth-order valence-electron chi connectivity index (χ4n) is 1.78. The Bertz CT molecular complexity index is 557. The molecule has 0 aliphatic carbocycles. The van der Waals surface area contributed by atoms with Crippen molar-refractivity contribution < 1.29 is 95.5 Å². The van der Waals surface area contributed by atoms with Crippen LogP contribution in [0.5, 0.6) is 0 Å². The summed E-state index contributed by atoms with van der Waals surface area (Å²) in [5.74, 6) is -1.33. The molecule has 1 rings (SSSR count). The van der Waals surface area contributed by atoms with Crippen molar-refractivity contribution in [3.05, 3.63) is 35.9 Å². The van der Waals surface area contributed by atoms with Gasteiger partial charge in [0.2, 0.25) is 0 Å². The van der Waals surface area contributed by atoms with Crippen molar-refractivity contribution in [2.24, 2.45) is 5.92 Å². The summed E-state index contributed by atoms with van der Waals surface area (Å²) in [5.41, 5.74) is 0.329. The smallest absolute Gasteiger partial charge is 1.00 e. The minimum Gasteiger partial charge on any atom is -1.00 e. The van der Waals surface area contributed by atoms with Gasteiger partial charge in [0, 0.05) is 11.5 Å². The number of Topliss-reactive ketones (excluding diaryl/α,β-unsaturated/α-hetero) is 1. The monoisotopic (exact) mass is 370 g/mol. The van der Waals surface area contributed by atoms with Gasteiger partial charge in [0.15, 0.2) is 11.2 Å². The summed E-state index contributed by atoms with van der Waals surface area (Å²) >= 11 is 0. The first-order valence-electron chi connectivity index (χ1n) is 5.73. The summed E-state index contributed by atoms with van der Waals surface area (Å²) in [7, 11) is -10.00. The second-order valence-corrected chi connectivity index (χ2v) is 8.54. The maximum absolute atomic E-state index is 12.0. The molecule has 4 N–H and O–H groups in total. The SMILES string of the molecule is CC(CC(P(=O)(O)O)P(=O)(O)O)C(=O)c1ccccc1.[H-].[H-].[Na+].[Na+]. The van der Waals surface area contributed by atoms with Gasteiger partial charge < -0.3 is 22.4 Å². The van der Waals surface area contributed by atoms with Crippen LogP contribution in [0.3, 0.4) is 0 Å². The van der Waals surface area contributed by atoms with Crippen molar-refractivity contribution in [2.75, 3.05) is 0 Å². The standard InChI is InChI=1S/C11H16O7P2.2Na.2H/c1-8(11(12)9-5-3-2-4-6-9)7-10(19(13,14)15)20(16,17)18;;;;/h2-6,8,10H,7H2,1H3,(H2,13,14,15)(H2,16,17,18);;;;/q;2*+1;2*-1. The molecule has 1 unspecified atom stereocenters. The zero-order chi connectivity index (χ0) is 15.6. The Kier molecular flexibility index (Phi) is 11.8. The van der Waals surface area contributed by atoms with E-state index in [1.807, 2.05) is 0 Å². The molecule has 116 valence electrons. The Labute approximate surface area is 175 Å². The van der Waals surface area contributed by atoms with Crippen LogP contribution in [-0.2, 0) is 9.13 Å². The van der Waals surface area contributed by atoms with Gasteiger partial charge in [0.05, 0.1) is 0 Å². The molecule has 22 heavy (non-hydrogen) atoms. The second kappa shape index (κ2) is 10.2. The van der Waals surface area contributed by atoms with Gasteiger partial charge in [-0.25, -0.2) is 0 Å². The van der Waals surface area contributed by atoms with Crippen LogP contribution >= 0.6 is 15.2 Å². The molecule has 0 aliphatic rings. The van der Waals surface area contributed by atoms with Gasteiger partial charge in [-0.2, -0.15) is 0 Å². The largest absolute Gasteiger partial charge is 1.00 e. The Balaban J connectivity index is -0.000000500. The first-order chi connectivity index (χ1) is 9.03. The van der Waals surface area contributed by atoms with Crippen LogP contribution in [0.2, 0.25) is 0 Å². The predicted octanol–water partition coefficient (Wildman–Crippen LogP) is -4.19. The Hall–Kier alpha value is 1.19. The molecule has 0 bridgehead atoms. The molecule has 7 nitrogen and oxygen atoms in total. The summed E-state index contributed by atoms with van der Waals surface area (Å²) in [6.45, 7) is 1.38. The zero-order valence-corrected chi connectivity index (χ0v) is 18.4. The second-order valence-electron chi connectivity index (χ2n) is 4.53. The van der Waals surface area contributed by atoms with Crippen molar-refractivity contribution in [1.82, 2.24) is 0 Å². The van der Waals surface area contributed by atoms with E-state index in [0.29, 0.717) is 5.56 Å². The van der Waals surface area contributed by atoms with Gasteiger partial charge in [-0.15, -0.1) is 0 Å². The van der Waals surface area contributed by atoms with E-state index in [2.05, 4.69) is 0 Å². The van der Waals surface area contributed by atoms with Gasteiger partial charge in [-0.1, -0.05) is 37.3 Å². The molecule has 0 radical (unpaired) electrons. The van der Waals surface area contributed by atoms with Crippen molar-refractivity contribution >= 4 is 21.0 Å². The first kappa shape index (κ1) is 25.4. The molecule has 0 amide bonds. The topological polar surface area (TPSA) is 132 Å². The number of ketones is 1. The maximum Gasteiger partial charge on any atom is 1.00 e. The number of carbonyl (C=O) groups excluding carboxylic acids is 1. The molecule has 0 saturated heterocycles. The van der Waals surface area contributed by atoms with E-state index in [1.165, 1.54) is 19.1 Å². The van der Waals surface area contributed by atoms with Crippen LogP contribution in [-0.4, -0.2) is 30.8 Å². The predicted molar refractivity (Wildman–Crippen MR) is 74.7 cm³/mol. The third-order valence-electron chi connectivity index (χ3n) is 2.85. The van der Waals surface area contributed by atoms with E-state index in [4.69, 9.17) is 19.6 Å². The molecule has 1 aromatic carbocycles. The summed E-state index contributed by atoms with van der Waals surface area (Å²) in [6.07, 6.45) is -0.581. The van der Waals surface area contributed by atoms with Gasteiger partial charge >= 0.3 is 74.3 Å². The van der Waals surface area contributed by atoms with Crippen molar-refractivity contribution in [3.63, 3.8) is 0 Å². The molecule has 1 aromatic rings. The molecule has 0 fully saturated rings. The van der Waals surface area contributed by atoms with Gasteiger partial charge in [-0.05, 0) is 6.42 Å². The number of carbonyl (C=O) groups is 1. The third kappa shape index (κ3) is 7.84. The third-order valence-corrected chi connectivity index (χ3v) is 6.63. The van der Waals surface area contributed by atoms with Crippen LogP contribution in [0.1, 0.15) is 26.6 Å². The van der Waals surface area contributed by atoms with E-state index in [0.717, 1.165) is 0 Å². The molecular formula is C11H18Na2O7P2. The Morgan fingerprint density at radius 1 is 1.05 bits per heavy atom. The van der Waals surface area contributed by atoms with Gasteiger partial charge in [0.1, 0.15) is 0 Å². The zero-order valence-electron chi connectivity index (χ0n) is 14.7. The number of rotatable bonds is 6. The van der Waals surface area contributed by atoms with E-state index in [-0.39, 0.29) is 62.0 Å². The number of hydrogen-bond acceptors (Lipinski definition) is 3. The summed E-state index contributed by atoms with van der Waals surface area (Å²) in [5, 5.41) is -2.15. The minimum atomic E-state index is -5.00. The van der Waals surface area contributed by atoms with Crippen molar-refractivity contribution in [1.29, 1.82) is 0 Å². The molecule has 0 aliphatic heterocycles. The molecule has 0 saturated carbocycles. The molecular weight excluding hydrogens is 352 g/mol. The van der Waals surface area contributed by atoms with E-state index in [1.54, 1.807) is 18.2 Å². The summed E-state index contributed by atoms with van der Waals surface area (Å²) in [4.78, 5) is 48.1. The van der Waals surface area contributed by atoms with Crippen LogP contribution in [0.15, 0.2) is 30.3 Å². The molecule has 1 atom stereocenters. The molecule has 0 aromatic heterocycles. The van der Waals surface area contributed by atoms with Crippen molar-refractivity contribution in [3.8, 4) is 0 Å². The summed E-state index contributed by atoms with van der Waals surface area (Å²) in [6, 6.07) is 8.02. The molecule has 0 heterocycles. The molecule has 0 spiro atoms. The number of hydrogen-bond donors (Lipinski definition) is 4. The normalized spacial score (nSPS) is 13.0. The van der Waals surface area contributed by atoms with Crippen molar-refractivity contribution in [2.45, 2.75) is 18.7 Å². The van der Waals surface area contributed by atoms with E-state index < -0.39 is 38.7 Å². The van der Waals surface area contributed by atoms with Crippen LogP contribution in [0, 0.1) is 5.92 Å². The summed E-state index contributed by atoms with van der Waals surface area (Å²) < 4.78 is 22.3. The van der Waals surface area contributed by atoms with Crippen LogP contribution in [0.25, 0.3) is 0 Å². The molecule has 11 heteroatoms. The van der Waals surface area contributed by atoms with E-state index >= 15 is 0 Å². The van der Waals surface area contributed by atoms with Gasteiger partial charge in [-0.3, -0.25) is 13.9 Å². The maximum atomic E-state index is 12.0.